The van der Waals surface area contributed by atoms with Crippen molar-refractivity contribution in [2.24, 2.45) is 0 Å². The molecule has 0 spiro atoms. The van der Waals surface area contributed by atoms with E-state index in [1.807, 2.05) is 12.1 Å². The second-order valence-electron chi connectivity index (χ2n) is 5.93. The minimum absolute atomic E-state index is 0.149. The predicted molar refractivity (Wildman–Crippen MR) is 108 cm³/mol. The Balaban J connectivity index is 1.62. The molecule has 0 bridgehead atoms. The average molecular weight is 486 g/mol. The highest BCUT2D eigenvalue weighted by Crippen LogP contribution is 2.23. The van der Waals surface area contributed by atoms with E-state index in [1.165, 1.54) is 10.4 Å². The molecule has 1 amide bonds. The smallest absolute Gasteiger partial charge is 0.262 e. The monoisotopic (exact) mass is 486 g/mol. The van der Waals surface area contributed by atoms with Gasteiger partial charge in [0, 0.05) is 22.3 Å². The number of carbonyl (C=O) groups excluding carboxylic acids is 1. The largest absolute Gasteiger partial charge is 0.484 e. The highest BCUT2D eigenvalue weighted by molar-refractivity contribution is 14.1. The van der Waals surface area contributed by atoms with Gasteiger partial charge in [-0.2, -0.15) is 4.31 Å². The molecule has 0 atom stereocenters. The molecular weight excluding hydrogens is 467 g/mol. The summed E-state index contributed by atoms with van der Waals surface area (Å²) in [5.41, 5.74) is 0.432. The van der Waals surface area contributed by atoms with Gasteiger partial charge in [-0.1, -0.05) is 6.07 Å². The molecule has 0 unspecified atom stereocenters. The quantitative estimate of drug-likeness (QED) is 0.637. The molecule has 8 heteroatoms. The molecule has 1 heterocycles. The fraction of sp³-hybridized carbons (Fsp3) is 0.278. The average Bonchev–Trinajstić information content (AvgIpc) is 3.17. The maximum absolute atomic E-state index is 12.6. The van der Waals surface area contributed by atoms with Crippen molar-refractivity contribution in [2.45, 2.75) is 17.7 Å². The lowest BCUT2D eigenvalue weighted by Crippen LogP contribution is -2.28. The Morgan fingerprint density at radius 2 is 1.81 bits per heavy atom. The van der Waals surface area contributed by atoms with Crippen LogP contribution in [0.15, 0.2) is 53.4 Å². The number of anilines is 1. The molecule has 0 radical (unpaired) electrons. The lowest BCUT2D eigenvalue weighted by molar-refractivity contribution is -0.118. The molecule has 2 aromatic carbocycles. The highest BCUT2D eigenvalue weighted by atomic mass is 127. The molecule has 0 aliphatic carbocycles. The molecule has 2 aromatic rings. The van der Waals surface area contributed by atoms with Crippen LogP contribution in [0.2, 0.25) is 0 Å². The summed E-state index contributed by atoms with van der Waals surface area (Å²) < 4.78 is 33.2. The Hall–Kier alpha value is -1.65. The number of rotatable bonds is 6. The van der Waals surface area contributed by atoms with Crippen LogP contribution in [0.5, 0.6) is 5.75 Å². The second kappa shape index (κ2) is 8.36. The first-order valence-corrected chi connectivity index (χ1v) is 10.8. The number of hydrogen-bond acceptors (Lipinski definition) is 4. The van der Waals surface area contributed by atoms with Crippen LogP contribution < -0.4 is 10.1 Å². The molecule has 138 valence electrons. The van der Waals surface area contributed by atoms with E-state index >= 15 is 0 Å². The van der Waals surface area contributed by atoms with Gasteiger partial charge in [0.05, 0.1) is 4.90 Å². The van der Waals surface area contributed by atoms with Crippen molar-refractivity contribution in [3.05, 3.63) is 52.1 Å². The molecule has 1 N–H and O–H groups in total. The molecule has 1 aliphatic rings. The number of benzene rings is 2. The Morgan fingerprint density at radius 1 is 1.12 bits per heavy atom. The zero-order valence-electron chi connectivity index (χ0n) is 14.0. The van der Waals surface area contributed by atoms with Gasteiger partial charge in [0.1, 0.15) is 5.75 Å². The van der Waals surface area contributed by atoms with Crippen LogP contribution in [-0.4, -0.2) is 38.3 Å². The summed E-state index contributed by atoms with van der Waals surface area (Å²) in [6.45, 7) is 0.940. The first kappa shape index (κ1) is 19.1. The molecule has 3 rings (SSSR count). The number of halogens is 1. The van der Waals surface area contributed by atoms with Crippen LogP contribution in [0, 0.1) is 3.57 Å². The number of carbonyl (C=O) groups is 1. The van der Waals surface area contributed by atoms with Crippen LogP contribution in [0.1, 0.15) is 12.8 Å². The minimum atomic E-state index is -3.51. The standard InChI is InChI=1S/C18H19IN2O4S/c19-14-6-8-16(9-7-14)25-13-18(22)20-15-4-3-5-17(12-15)26(23,24)21-10-1-2-11-21/h3-9,12H,1-2,10-11,13H2,(H,20,22). The van der Waals surface area contributed by atoms with Crippen LogP contribution in [0.25, 0.3) is 0 Å². The number of nitrogens with one attached hydrogen (secondary N) is 1. The summed E-state index contributed by atoms with van der Waals surface area (Å²) >= 11 is 2.19. The van der Waals surface area contributed by atoms with Gasteiger partial charge in [0.25, 0.3) is 5.91 Å². The molecule has 0 aromatic heterocycles. The van der Waals surface area contributed by atoms with Gasteiger partial charge in [-0.3, -0.25) is 4.79 Å². The van der Waals surface area contributed by atoms with E-state index in [0.717, 1.165) is 16.4 Å². The molecule has 0 saturated carbocycles. The van der Waals surface area contributed by atoms with Crippen molar-refractivity contribution in [3.63, 3.8) is 0 Å². The lowest BCUT2D eigenvalue weighted by Gasteiger charge is -2.16. The number of ether oxygens (including phenoxy) is 1. The molecule has 26 heavy (non-hydrogen) atoms. The Bertz CT molecular complexity index is 878. The van der Waals surface area contributed by atoms with E-state index in [1.54, 1.807) is 30.3 Å². The zero-order valence-corrected chi connectivity index (χ0v) is 17.0. The van der Waals surface area contributed by atoms with Gasteiger partial charge in [-0.15, -0.1) is 0 Å². The van der Waals surface area contributed by atoms with Crippen molar-refractivity contribution < 1.29 is 17.9 Å². The Labute approximate surface area is 166 Å². The van der Waals surface area contributed by atoms with Gasteiger partial charge in [0.2, 0.25) is 10.0 Å². The SMILES string of the molecule is O=C(COc1ccc(I)cc1)Nc1cccc(S(=O)(=O)N2CCCC2)c1. The van der Waals surface area contributed by atoms with E-state index in [4.69, 9.17) is 4.74 Å². The van der Waals surface area contributed by atoms with Crippen LogP contribution in [0.3, 0.4) is 0 Å². The summed E-state index contributed by atoms with van der Waals surface area (Å²) in [6, 6.07) is 13.7. The van der Waals surface area contributed by atoms with E-state index in [2.05, 4.69) is 27.9 Å². The summed E-state index contributed by atoms with van der Waals surface area (Å²) in [6.07, 6.45) is 1.76. The van der Waals surface area contributed by atoms with Crippen molar-refractivity contribution in [3.8, 4) is 5.75 Å². The van der Waals surface area contributed by atoms with Gasteiger partial charge >= 0.3 is 0 Å². The van der Waals surface area contributed by atoms with Gasteiger partial charge < -0.3 is 10.1 Å². The first-order valence-electron chi connectivity index (χ1n) is 8.23. The highest BCUT2D eigenvalue weighted by Gasteiger charge is 2.27. The normalized spacial score (nSPS) is 15.0. The number of sulfonamides is 1. The van der Waals surface area contributed by atoms with Crippen LogP contribution in [0.4, 0.5) is 5.69 Å². The van der Waals surface area contributed by atoms with Crippen LogP contribution in [-0.2, 0) is 14.8 Å². The van der Waals surface area contributed by atoms with Gasteiger partial charge in [-0.25, -0.2) is 8.42 Å². The zero-order chi connectivity index (χ0) is 18.6. The molecule has 1 saturated heterocycles. The molecular formula is C18H19IN2O4S. The number of amides is 1. The summed E-state index contributed by atoms with van der Waals surface area (Å²) in [4.78, 5) is 12.3. The molecule has 1 fully saturated rings. The van der Waals surface area contributed by atoms with E-state index in [0.29, 0.717) is 24.5 Å². The lowest BCUT2D eigenvalue weighted by atomic mass is 10.3. The fourth-order valence-electron chi connectivity index (χ4n) is 2.69. The van der Waals surface area contributed by atoms with E-state index in [9.17, 15) is 13.2 Å². The summed E-state index contributed by atoms with van der Waals surface area (Å²) in [7, 11) is -3.51. The van der Waals surface area contributed by atoms with E-state index < -0.39 is 10.0 Å². The Morgan fingerprint density at radius 3 is 2.50 bits per heavy atom. The van der Waals surface area contributed by atoms with E-state index in [-0.39, 0.29) is 17.4 Å². The van der Waals surface area contributed by atoms with Gasteiger partial charge in [0.15, 0.2) is 6.61 Å². The summed E-state index contributed by atoms with van der Waals surface area (Å²) in [5, 5.41) is 2.68. The number of nitrogens with zero attached hydrogens (tertiary/aromatic N) is 1. The van der Waals surface area contributed by atoms with Crippen molar-refractivity contribution in [2.75, 3.05) is 25.0 Å². The third-order valence-electron chi connectivity index (χ3n) is 4.00. The van der Waals surface area contributed by atoms with Crippen molar-refractivity contribution in [1.82, 2.24) is 4.31 Å². The Kier molecular flexibility index (Phi) is 6.15. The fourth-order valence-corrected chi connectivity index (χ4v) is 4.61. The third-order valence-corrected chi connectivity index (χ3v) is 6.62. The maximum atomic E-state index is 12.6. The maximum Gasteiger partial charge on any atom is 0.262 e. The first-order chi connectivity index (χ1) is 12.4. The minimum Gasteiger partial charge on any atom is -0.484 e. The predicted octanol–water partition coefficient (Wildman–Crippen LogP) is 3.09. The van der Waals surface area contributed by atoms with Gasteiger partial charge in [-0.05, 0) is 77.9 Å². The number of hydrogen-bond donors (Lipinski definition) is 1. The van der Waals surface area contributed by atoms with Crippen molar-refractivity contribution in [1.29, 1.82) is 0 Å². The molecule has 6 nitrogen and oxygen atoms in total. The van der Waals surface area contributed by atoms with Crippen molar-refractivity contribution >= 4 is 44.2 Å². The molecule has 1 aliphatic heterocycles. The topological polar surface area (TPSA) is 75.7 Å². The van der Waals surface area contributed by atoms with Crippen LogP contribution >= 0.6 is 22.6 Å². The summed E-state index contributed by atoms with van der Waals surface area (Å²) in [5.74, 6) is 0.255. The third kappa shape index (κ3) is 4.74. The second-order valence-corrected chi connectivity index (χ2v) is 9.11.